The normalized spacial score (nSPS) is 8.67. The minimum atomic E-state index is -1.50. The van der Waals surface area contributed by atoms with Gasteiger partial charge in [-0.1, -0.05) is 35.9 Å². The van der Waals surface area contributed by atoms with Crippen molar-refractivity contribution in [2.45, 2.75) is 0 Å². The van der Waals surface area contributed by atoms with E-state index in [1.165, 1.54) is 23.8 Å². The fraction of sp³-hybridized carbons (Fsp3) is 0. The molecule has 0 aliphatic heterocycles. The summed E-state index contributed by atoms with van der Waals surface area (Å²) in [4.78, 5) is 15.1. The van der Waals surface area contributed by atoms with E-state index >= 15 is 0 Å². The van der Waals surface area contributed by atoms with Gasteiger partial charge in [0.15, 0.2) is 0 Å². The molecule has 0 aliphatic rings. The van der Waals surface area contributed by atoms with Crippen LogP contribution in [0.5, 0.6) is 0 Å². The van der Waals surface area contributed by atoms with Gasteiger partial charge in [-0.25, -0.2) is 9.97 Å². The molecule has 4 aromatic rings. The Morgan fingerprint density at radius 1 is 0.755 bits per heavy atom. The van der Waals surface area contributed by atoms with Gasteiger partial charge in [-0.2, -0.15) is 20.5 Å². The van der Waals surface area contributed by atoms with Crippen molar-refractivity contribution in [2.24, 2.45) is 0 Å². The van der Waals surface area contributed by atoms with E-state index in [0.29, 0.717) is 39.0 Å². The Kier molecular flexibility index (Phi) is 24.3. The van der Waals surface area contributed by atoms with E-state index in [1.807, 2.05) is 12.1 Å². The quantitative estimate of drug-likeness (QED) is 0.0796. The number of hydrogen-bond acceptors (Lipinski definition) is 18. The van der Waals surface area contributed by atoms with Crippen LogP contribution in [0, 0.1) is 33.5 Å². The topological polar surface area (TPSA) is 291 Å². The summed E-state index contributed by atoms with van der Waals surface area (Å²) in [6.45, 7) is 0. The second kappa shape index (κ2) is 26.3. The SMILES string of the molecule is N#Cc1cccc(-c2nc(N)nc(N)c2C=N)c1.N#Cc1cccc(B(O)O)c1.N=Cc1c(N)nc(N)nc1Cl.S=S.S=S=S=S=S=S=S. The summed E-state index contributed by atoms with van der Waals surface area (Å²) >= 11 is 22.0. The Hall–Kier alpha value is -3.63. The van der Waals surface area contributed by atoms with E-state index in [1.54, 1.807) is 69.1 Å². The molecular weight excluding hydrogens is 823 g/mol. The molecular formula is C24H22BClN12O2S9. The number of hydrogen-bond donors (Lipinski definition) is 8. The first-order valence-electron chi connectivity index (χ1n) is 12.1. The maximum atomic E-state index is 8.87. The third-order valence-electron chi connectivity index (χ3n) is 4.92. The Morgan fingerprint density at radius 3 is 1.71 bits per heavy atom. The maximum Gasteiger partial charge on any atom is 0.488 e. The molecule has 0 aliphatic carbocycles. The first kappa shape index (κ1) is 45.4. The Bertz CT molecular complexity index is 2030. The number of rotatable bonds is 4. The number of aromatic nitrogens is 4. The average molecular weight is 845 g/mol. The lowest BCUT2D eigenvalue weighted by Gasteiger charge is -2.08. The first-order valence-corrected chi connectivity index (χ1v) is 21.8. The summed E-state index contributed by atoms with van der Waals surface area (Å²) in [5.41, 5.74) is 24.9. The molecule has 25 heteroatoms. The van der Waals surface area contributed by atoms with Crippen LogP contribution in [-0.2, 0) is 89.2 Å². The van der Waals surface area contributed by atoms with Crippen molar-refractivity contribution in [3.63, 3.8) is 0 Å². The molecule has 0 saturated heterocycles. The summed E-state index contributed by atoms with van der Waals surface area (Å²) < 4.78 is 0. The van der Waals surface area contributed by atoms with E-state index in [4.69, 9.17) is 65.9 Å². The fourth-order valence-electron chi connectivity index (χ4n) is 3.01. The first-order chi connectivity index (χ1) is 23.4. The Balaban J connectivity index is 0.000000651. The van der Waals surface area contributed by atoms with Crippen molar-refractivity contribution in [3.8, 4) is 23.4 Å². The highest BCUT2D eigenvalue weighted by molar-refractivity contribution is 8.68. The van der Waals surface area contributed by atoms with Crippen LogP contribution >= 0.6 is 11.6 Å². The van der Waals surface area contributed by atoms with Gasteiger partial charge in [0.1, 0.15) is 16.8 Å². The van der Waals surface area contributed by atoms with Gasteiger partial charge in [0.2, 0.25) is 11.9 Å². The predicted molar refractivity (Wildman–Crippen MR) is 220 cm³/mol. The highest BCUT2D eigenvalue weighted by Gasteiger charge is 2.12. The molecule has 0 saturated carbocycles. The summed E-state index contributed by atoms with van der Waals surface area (Å²) in [6, 6.07) is 17.0. The van der Waals surface area contributed by atoms with Crippen molar-refractivity contribution in [1.29, 1.82) is 21.3 Å². The zero-order chi connectivity index (χ0) is 37.4. The predicted octanol–water partition coefficient (Wildman–Crippen LogP) is 0.686. The third kappa shape index (κ3) is 17.0. The summed E-state index contributed by atoms with van der Waals surface area (Å²) in [5, 5.41) is 49.0. The monoisotopic (exact) mass is 844 g/mol. The lowest BCUT2D eigenvalue weighted by molar-refractivity contribution is 0.426. The molecule has 14 nitrogen and oxygen atoms in total. The molecule has 0 bridgehead atoms. The minimum absolute atomic E-state index is 0.0121. The van der Waals surface area contributed by atoms with Gasteiger partial charge >= 0.3 is 7.12 Å². The fourth-order valence-corrected chi connectivity index (χ4v) is 11.5. The molecule has 2 aromatic carbocycles. The third-order valence-corrected chi connectivity index (χ3v) is 14.1. The van der Waals surface area contributed by atoms with Gasteiger partial charge in [-0.3, -0.25) is 0 Å². The van der Waals surface area contributed by atoms with Crippen LogP contribution in [0.25, 0.3) is 11.3 Å². The number of nitrogens with two attached hydrogens (primary N) is 4. The highest BCUT2D eigenvalue weighted by Crippen LogP contribution is 2.25. The summed E-state index contributed by atoms with van der Waals surface area (Å²) in [5.74, 6) is 0.320. The lowest BCUT2D eigenvalue weighted by Crippen LogP contribution is -2.29. The second-order valence-electron chi connectivity index (χ2n) is 7.83. The van der Waals surface area contributed by atoms with Crippen LogP contribution in [0.15, 0.2) is 48.5 Å². The van der Waals surface area contributed by atoms with Crippen molar-refractivity contribution < 1.29 is 10.0 Å². The van der Waals surface area contributed by atoms with Crippen LogP contribution in [0.1, 0.15) is 22.3 Å². The van der Waals surface area contributed by atoms with Gasteiger partial charge in [0.05, 0.1) is 40.1 Å². The van der Waals surface area contributed by atoms with Crippen molar-refractivity contribution in [3.05, 3.63) is 75.9 Å². The molecule has 254 valence electrons. The zero-order valence-corrected chi connectivity index (χ0v) is 32.4. The van der Waals surface area contributed by atoms with Crippen LogP contribution in [0.4, 0.5) is 23.5 Å². The zero-order valence-electron chi connectivity index (χ0n) is 24.3. The van der Waals surface area contributed by atoms with Gasteiger partial charge in [0.25, 0.3) is 0 Å². The average Bonchev–Trinajstić information content (AvgIpc) is 3.10. The van der Waals surface area contributed by atoms with Crippen molar-refractivity contribution in [1.82, 2.24) is 19.9 Å². The van der Waals surface area contributed by atoms with Crippen LogP contribution in [-0.4, -0.2) is 49.5 Å². The summed E-state index contributed by atoms with van der Waals surface area (Å²) in [6.07, 6.45) is 2.06. The van der Waals surface area contributed by atoms with Crippen molar-refractivity contribution in [2.75, 3.05) is 22.9 Å². The Morgan fingerprint density at radius 2 is 1.24 bits per heavy atom. The lowest BCUT2D eigenvalue weighted by atomic mass is 9.80. The van der Waals surface area contributed by atoms with E-state index in [-0.39, 0.29) is 28.7 Å². The number of anilines is 4. The summed E-state index contributed by atoms with van der Waals surface area (Å²) in [7, 11) is 5.87. The molecule has 49 heavy (non-hydrogen) atoms. The largest absolute Gasteiger partial charge is 0.488 e. The van der Waals surface area contributed by atoms with E-state index < -0.39 is 7.12 Å². The van der Waals surface area contributed by atoms with Crippen LogP contribution in [0.3, 0.4) is 0 Å². The standard InChI is InChI=1S/C12H10N6.C7H6BNO2.C5H6ClN5.S7.S2/c13-5-7-2-1-3-8(4-7)10-9(6-14)11(15)18-12(16)17-10;9-5-6-2-1-3-7(4-6)8(10)11;6-3-2(1-7)4(8)11-5(9)10-3;1-3-5-7-6-4-2;1-2/h1-4,6,14H,(H4,15,16,17,18);1-4,10-11H;1,7H,(H4,8,9,10,11);;. The Labute approximate surface area is 320 Å². The molecule has 0 radical (unpaired) electrons. The number of nitrogens with zero attached hydrogens (tertiary/aromatic N) is 6. The molecule has 0 spiro atoms. The van der Waals surface area contributed by atoms with Crippen LogP contribution < -0.4 is 28.4 Å². The molecule has 0 amide bonds. The molecule has 2 heterocycles. The number of nitrogens with one attached hydrogen (secondary N) is 2. The molecule has 12 N–H and O–H groups in total. The van der Waals surface area contributed by atoms with Crippen LogP contribution in [0.2, 0.25) is 5.15 Å². The number of nitriles is 2. The van der Waals surface area contributed by atoms with Crippen molar-refractivity contribution >= 4 is 149 Å². The molecule has 4 rings (SSSR count). The molecule has 0 atom stereocenters. The number of nitrogen functional groups attached to an aromatic ring is 4. The van der Waals surface area contributed by atoms with Gasteiger partial charge in [0, 0.05) is 107 Å². The van der Waals surface area contributed by atoms with E-state index in [0.717, 1.165) is 12.4 Å². The molecule has 0 unspecified atom stereocenters. The second-order valence-corrected chi connectivity index (χ2v) is 17.0. The maximum absolute atomic E-state index is 8.87. The van der Waals surface area contributed by atoms with E-state index in [2.05, 4.69) is 64.7 Å². The van der Waals surface area contributed by atoms with Gasteiger partial charge in [-0.05, 0) is 29.7 Å². The smallest absolute Gasteiger partial charge is 0.423 e. The highest BCUT2D eigenvalue weighted by atomic mass is 35.5. The number of halogens is 1. The van der Waals surface area contributed by atoms with Gasteiger partial charge < -0.3 is 43.8 Å². The van der Waals surface area contributed by atoms with E-state index in [9.17, 15) is 0 Å². The van der Waals surface area contributed by atoms with Gasteiger partial charge in [-0.15, -0.1) is 0 Å². The molecule has 0 fully saturated rings. The number of benzene rings is 2. The minimum Gasteiger partial charge on any atom is -0.423 e. The molecule has 2 aromatic heterocycles.